The predicted molar refractivity (Wildman–Crippen MR) is 65.7 cm³/mol. The van der Waals surface area contributed by atoms with E-state index in [2.05, 4.69) is 0 Å². The Bertz CT molecular complexity index is 659. The fraction of sp³-hybridized carbons (Fsp3) is 0.0714. The van der Waals surface area contributed by atoms with Gasteiger partial charge in [-0.25, -0.2) is 4.21 Å². The number of rotatable bonds is 0. The Hall–Kier alpha value is -1.74. The normalized spacial score (nSPS) is 17.5. The summed E-state index contributed by atoms with van der Waals surface area (Å²) in [6.45, 7) is 1.93. The third-order valence-corrected chi connectivity index (χ3v) is 4.41. The minimum atomic E-state index is -1.24. The summed E-state index contributed by atoms with van der Waals surface area (Å²) in [5, 5.41) is 0. The lowest BCUT2D eigenvalue weighted by Gasteiger charge is -2.17. The highest BCUT2D eigenvalue weighted by Gasteiger charge is 2.28. The van der Waals surface area contributed by atoms with Crippen molar-refractivity contribution in [2.75, 3.05) is 0 Å². The van der Waals surface area contributed by atoms with E-state index in [1.807, 2.05) is 25.1 Å². The molecule has 2 aromatic rings. The third kappa shape index (κ3) is 1.46. The molecule has 84 valence electrons. The van der Waals surface area contributed by atoms with Gasteiger partial charge in [-0.2, -0.15) is 0 Å². The van der Waals surface area contributed by atoms with Crippen LogP contribution in [0.1, 0.15) is 21.5 Å². The van der Waals surface area contributed by atoms with Crippen molar-refractivity contribution in [2.45, 2.75) is 16.7 Å². The van der Waals surface area contributed by atoms with Crippen LogP contribution < -0.4 is 0 Å². The van der Waals surface area contributed by atoms with Gasteiger partial charge < -0.3 is 0 Å². The van der Waals surface area contributed by atoms with Gasteiger partial charge in [-0.05, 0) is 36.8 Å². The molecule has 0 spiro atoms. The van der Waals surface area contributed by atoms with Crippen molar-refractivity contribution >= 4 is 16.6 Å². The largest absolute Gasteiger partial charge is 0.289 e. The maximum atomic E-state index is 12.4. The topological polar surface area (TPSA) is 34.1 Å². The van der Waals surface area contributed by atoms with Crippen LogP contribution in [0, 0.1) is 6.92 Å². The summed E-state index contributed by atoms with van der Waals surface area (Å²) in [5.74, 6) is -0.0322. The first-order valence-corrected chi connectivity index (χ1v) is 6.49. The van der Waals surface area contributed by atoms with E-state index in [1.165, 1.54) is 0 Å². The molecule has 2 nitrogen and oxygen atoms in total. The van der Waals surface area contributed by atoms with Crippen LogP contribution in [0.25, 0.3) is 0 Å². The molecular formula is C14H10O2S. The van der Waals surface area contributed by atoms with Gasteiger partial charge in [0.15, 0.2) is 5.78 Å². The fourth-order valence-electron chi connectivity index (χ4n) is 2.05. The van der Waals surface area contributed by atoms with Crippen LogP contribution in [0.2, 0.25) is 0 Å². The second kappa shape index (κ2) is 3.64. The van der Waals surface area contributed by atoms with E-state index >= 15 is 0 Å². The molecule has 1 unspecified atom stereocenters. The Kier molecular flexibility index (Phi) is 2.23. The monoisotopic (exact) mass is 242 g/mol. The first kappa shape index (κ1) is 10.4. The number of ketones is 1. The zero-order valence-electron chi connectivity index (χ0n) is 9.27. The highest BCUT2D eigenvalue weighted by Crippen LogP contribution is 2.31. The Labute approximate surface area is 102 Å². The summed E-state index contributed by atoms with van der Waals surface area (Å²) in [6, 6.07) is 12.6. The summed E-state index contributed by atoms with van der Waals surface area (Å²) in [7, 11) is -1.24. The van der Waals surface area contributed by atoms with E-state index in [9.17, 15) is 9.00 Å². The number of benzene rings is 2. The van der Waals surface area contributed by atoms with Crippen LogP contribution >= 0.6 is 0 Å². The Balaban J connectivity index is 2.33. The van der Waals surface area contributed by atoms with Crippen molar-refractivity contribution in [3.8, 4) is 0 Å². The predicted octanol–water partition coefficient (Wildman–Crippen LogP) is 2.71. The fourth-order valence-corrected chi connectivity index (χ4v) is 3.50. The smallest absolute Gasteiger partial charge is 0.195 e. The van der Waals surface area contributed by atoms with E-state index in [1.54, 1.807) is 24.3 Å². The quantitative estimate of drug-likeness (QED) is 0.607. The third-order valence-electron chi connectivity index (χ3n) is 2.91. The highest BCUT2D eigenvalue weighted by molar-refractivity contribution is 7.85. The van der Waals surface area contributed by atoms with Crippen LogP contribution in [-0.2, 0) is 10.8 Å². The van der Waals surface area contributed by atoms with Crippen molar-refractivity contribution in [1.29, 1.82) is 0 Å². The zero-order valence-corrected chi connectivity index (χ0v) is 10.1. The van der Waals surface area contributed by atoms with Crippen LogP contribution in [-0.4, -0.2) is 9.99 Å². The van der Waals surface area contributed by atoms with Crippen molar-refractivity contribution in [1.82, 2.24) is 0 Å². The van der Waals surface area contributed by atoms with Crippen molar-refractivity contribution < 1.29 is 9.00 Å². The van der Waals surface area contributed by atoms with E-state index < -0.39 is 10.8 Å². The molecule has 0 aromatic heterocycles. The van der Waals surface area contributed by atoms with E-state index in [-0.39, 0.29) is 5.78 Å². The van der Waals surface area contributed by atoms with Gasteiger partial charge >= 0.3 is 0 Å². The zero-order chi connectivity index (χ0) is 12.0. The SMILES string of the molecule is Cc1ccc2c(c1)S(=O)c1ccccc1C2=O. The number of carbonyl (C=O) groups excluding carboxylic acids is 1. The lowest BCUT2D eigenvalue weighted by atomic mass is 10.0. The average molecular weight is 242 g/mol. The Morgan fingerprint density at radius 3 is 2.47 bits per heavy atom. The van der Waals surface area contributed by atoms with Gasteiger partial charge in [0.05, 0.1) is 20.6 Å². The first-order chi connectivity index (χ1) is 8.18. The minimum Gasteiger partial charge on any atom is -0.289 e. The second-order valence-electron chi connectivity index (χ2n) is 4.09. The molecule has 3 rings (SSSR count). The maximum absolute atomic E-state index is 12.4. The molecule has 17 heavy (non-hydrogen) atoms. The molecule has 1 aliphatic rings. The summed E-state index contributed by atoms with van der Waals surface area (Å²) < 4.78 is 12.4. The summed E-state index contributed by atoms with van der Waals surface area (Å²) in [4.78, 5) is 13.5. The van der Waals surface area contributed by atoms with Crippen molar-refractivity contribution in [2.24, 2.45) is 0 Å². The van der Waals surface area contributed by atoms with Crippen molar-refractivity contribution in [3.05, 3.63) is 59.2 Å². The molecule has 1 heterocycles. The molecule has 2 aromatic carbocycles. The van der Waals surface area contributed by atoms with Crippen LogP contribution in [0.4, 0.5) is 0 Å². The van der Waals surface area contributed by atoms with E-state index in [0.717, 1.165) is 5.56 Å². The molecule has 1 atom stereocenters. The standard InChI is InChI=1S/C14H10O2S/c1-9-6-7-11-13(8-9)17(16)12-5-3-2-4-10(12)14(11)15/h2-8H,1H3. The molecule has 3 heteroatoms. The van der Waals surface area contributed by atoms with E-state index in [4.69, 9.17) is 0 Å². The Morgan fingerprint density at radius 2 is 1.65 bits per heavy atom. The van der Waals surface area contributed by atoms with Crippen LogP contribution in [0.3, 0.4) is 0 Å². The lowest BCUT2D eigenvalue weighted by molar-refractivity contribution is 0.103. The van der Waals surface area contributed by atoms with Crippen molar-refractivity contribution in [3.63, 3.8) is 0 Å². The molecule has 0 radical (unpaired) electrons. The molecule has 0 bridgehead atoms. The van der Waals surface area contributed by atoms with Gasteiger partial charge in [-0.3, -0.25) is 4.79 Å². The number of fused-ring (bicyclic) bond motifs is 2. The summed E-state index contributed by atoms with van der Waals surface area (Å²) >= 11 is 0. The molecule has 0 saturated heterocycles. The average Bonchev–Trinajstić information content (AvgIpc) is 2.36. The molecule has 0 N–H and O–H groups in total. The summed E-state index contributed by atoms with van der Waals surface area (Å²) in [5.41, 5.74) is 2.14. The molecule has 0 amide bonds. The van der Waals surface area contributed by atoms with Gasteiger partial charge in [-0.15, -0.1) is 0 Å². The van der Waals surface area contributed by atoms with Gasteiger partial charge in [-0.1, -0.05) is 18.2 Å². The second-order valence-corrected chi connectivity index (χ2v) is 5.51. The molecule has 0 aliphatic carbocycles. The number of carbonyl (C=O) groups is 1. The lowest BCUT2D eigenvalue weighted by Crippen LogP contribution is -2.16. The summed E-state index contributed by atoms with van der Waals surface area (Å²) in [6.07, 6.45) is 0. The maximum Gasteiger partial charge on any atom is 0.195 e. The van der Waals surface area contributed by atoms with Crippen LogP contribution in [0.15, 0.2) is 52.3 Å². The van der Waals surface area contributed by atoms with Crippen LogP contribution in [0.5, 0.6) is 0 Å². The number of hydrogen-bond acceptors (Lipinski definition) is 2. The molecule has 1 aliphatic heterocycles. The molecule has 0 fully saturated rings. The number of aryl methyl sites for hydroxylation is 1. The first-order valence-electron chi connectivity index (χ1n) is 5.34. The van der Waals surface area contributed by atoms with Gasteiger partial charge in [0.25, 0.3) is 0 Å². The molecular weight excluding hydrogens is 232 g/mol. The molecule has 0 saturated carbocycles. The van der Waals surface area contributed by atoms with Gasteiger partial charge in [0.2, 0.25) is 0 Å². The van der Waals surface area contributed by atoms with E-state index in [0.29, 0.717) is 20.9 Å². The highest BCUT2D eigenvalue weighted by atomic mass is 32.2. The van der Waals surface area contributed by atoms with Gasteiger partial charge in [0, 0.05) is 11.1 Å². The Morgan fingerprint density at radius 1 is 0.941 bits per heavy atom. The number of hydrogen-bond donors (Lipinski definition) is 0. The minimum absolute atomic E-state index is 0.0322. The van der Waals surface area contributed by atoms with Gasteiger partial charge in [0.1, 0.15) is 0 Å².